The summed E-state index contributed by atoms with van der Waals surface area (Å²) in [6.07, 6.45) is 4.57. The molecule has 0 saturated heterocycles. The van der Waals surface area contributed by atoms with Gasteiger partial charge in [0.1, 0.15) is 5.75 Å². The number of rotatable bonds is 12. The molecule has 0 heterocycles. The van der Waals surface area contributed by atoms with Crippen LogP contribution in [0.15, 0.2) is 43.5 Å². The van der Waals surface area contributed by atoms with Crippen LogP contribution in [0.2, 0.25) is 0 Å². The molecule has 0 atom stereocenters. The number of aliphatic hydroxyl groups excluding tert-OH is 1. The quantitative estimate of drug-likeness (QED) is 0.459. The van der Waals surface area contributed by atoms with Crippen LogP contribution >= 0.6 is 0 Å². The van der Waals surface area contributed by atoms with Gasteiger partial charge in [-0.05, 0) is 24.6 Å². The maximum atomic E-state index is 8.79. The molecule has 0 radical (unpaired) electrons. The maximum absolute atomic E-state index is 8.79. The van der Waals surface area contributed by atoms with E-state index in [0.29, 0.717) is 0 Å². The predicted octanol–water partition coefficient (Wildman–Crippen LogP) is 2.34. The van der Waals surface area contributed by atoms with Gasteiger partial charge in [0.25, 0.3) is 0 Å². The number of ether oxygens (including phenoxy) is 1. The van der Waals surface area contributed by atoms with Crippen LogP contribution in [0.4, 0.5) is 0 Å². The minimum absolute atomic E-state index is 0.214. The molecule has 0 aromatic heterocycles. The van der Waals surface area contributed by atoms with Crippen molar-refractivity contribution in [1.29, 1.82) is 0 Å². The van der Waals surface area contributed by atoms with E-state index in [4.69, 9.17) is 9.84 Å². The SMILES string of the molecule is C=CCN(CC=C)Cc1ccc(CNCCCO)c(OC)c1. The Hall–Kier alpha value is -1.62. The summed E-state index contributed by atoms with van der Waals surface area (Å²) in [5, 5.41) is 12.1. The van der Waals surface area contributed by atoms with E-state index in [-0.39, 0.29) is 6.61 Å². The molecule has 0 aliphatic heterocycles. The van der Waals surface area contributed by atoms with E-state index in [9.17, 15) is 0 Å². The van der Waals surface area contributed by atoms with Crippen LogP contribution in [-0.2, 0) is 13.1 Å². The molecule has 122 valence electrons. The first-order valence-electron chi connectivity index (χ1n) is 7.66. The molecular weight excluding hydrogens is 276 g/mol. The lowest BCUT2D eigenvalue weighted by molar-refractivity contribution is 0.286. The zero-order valence-electron chi connectivity index (χ0n) is 13.6. The molecule has 2 N–H and O–H groups in total. The first-order chi connectivity index (χ1) is 10.7. The third-order valence-corrected chi connectivity index (χ3v) is 3.36. The van der Waals surface area contributed by atoms with Gasteiger partial charge in [-0.1, -0.05) is 24.3 Å². The number of nitrogens with zero attached hydrogens (tertiary/aromatic N) is 1. The Morgan fingerprint density at radius 3 is 2.59 bits per heavy atom. The zero-order valence-corrected chi connectivity index (χ0v) is 13.6. The van der Waals surface area contributed by atoms with E-state index in [1.54, 1.807) is 7.11 Å². The molecule has 0 spiro atoms. The van der Waals surface area contributed by atoms with Crippen molar-refractivity contribution in [3.63, 3.8) is 0 Å². The lowest BCUT2D eigenvalue weighted by Gasteiger charge is -2.19. The highest BCUT2D eigenvalue weighted by atomic mass is 16.5. The number of benzene rings is 1. The van der Waals surface area contributed by atoms with Gasteiger partial charge >= 0.3 is 0 Å². The van der Waals surface area contributed by atoms with Gasteiger partial charge < -0.3 is 15.2 Å². The fourth-order valence-electron chi connectivity index (χ4n) is 2.29. The van der Waals surface area contributed by atoms with E-state index in [1.807, 2.05) is 12.2 Å². The second-order valence-electron chi connectivity index (χ2n) is 5.17. The molecule has 0 bridgehead atoms. The van der Waals surface area contributed by atoms with Gasteiger partial charge in [-0.25, -0.2) is 0 Å². The molecule has 0 aliphatic carbocycles. The molecule has 4 nitrogen and oxygen atoms in total. The summed E-state index contributed by atoms with van der Waals surface area (Å²) >= 11 is 0. The topological polar surface area (TPSA) is 44.7 Å². The third kappa shape index (κ3) is 6.43. The van der Waals surface area contributed by atoms with Gasteiger partial charge in [0.05, 0.1) is 7.11 Å². The first-order valence-corrected chi connectivity index (χ1v) is 7.66. The fourth-order valence-corrected chi connectivity index (χ4v) is 2.29. The molecule has 1 rings (SSSR count). The zero-order chi connectivity index (χ0) is 16.2. The van der Waals surface area contributed by atoms with Crippen LogP contribution in [0.5, 0.6) is 5.75 Å². The number of methoxy groups -OCH3 is 1. The Bertz CT molecular complexity index is 450. The van der Waals surface area contributed by atoms with Crippen molar-refractivity contribution >= 4 is 0 Å². The minimum atomic E-state index is 0.214. The molecule has 1 aromatic carbocycles. The summed E-state index contributed by atoms with van der Waals surface area (Å²) < 4.78 is 5.50. The highest BCUT2D eigenvalue weighted by Gasteiger charge is 2.07. The summed E-state index contributed by atoms with van der Waals surface area (Å²) in [5.74, 6) is 0.895. The Kier molecular flexibility index (Phi) is 9.23. The number of hydrogen-bond donors (Lipinski definition) is 2. The molecule has 4 heteroatoms. The Morgan fingerprint density at radius 1 is 1.27 bits per heavy atom. The molecule has 1 aromatic rings. The molecule has 0 amide bonds. The summed E-state index contributed by atoms with van der Waals surface area (Å²) in [4.78, 5) is 2.26. The lowest BCUT2D eigenvalue weighted by atomic mass is 10.1. The summed E-state index contributed by atoms with van der Waals surface area (Å²) in [7, 11) is 1.70. The third-order valence-electron chi connectivity index (χ3n) is 3.36. The standard InChI is InChI=1S/C18H28N2O2/c1-4-10-20(11-5-2)15-16-7-8-17(18(13-16)22-3)14-19-9-6-12-21/h4-5,7-8,13,19,21H,1-2,6,9-12,14-15H2,3H3. The van der Waals surface area contributed by atoms with Crippen LogP contribution in [0.1, 0.15) is 17.5 Å². The molecular formula is C18H28N2O2. The number of aliphatic hydroxyl groups is 1. The molecule has 22 heavy (non-hydrogen) atoms. The van der Waals surface area contributed by atoms with Crippen molar-refractivity contribution in [3.05, 3.63) is 54.6 Å². The van der Waals surface area contributed by atoms with Crippen LogP contribution < -0.4 is 10.1 Å². The van der Waals surface area contributed by atoms with Gasteiger partial charge in [0.2, 0.25) is 0 Å². The van der Waals surface area contributed by atoms with E-state index in [2.05, 4.69) is 41.6 Å². The average molecular weight is 304 g/mol. The summed E-state index contributed by atoms with van der Waals surface area (Å²) in [6, 6.07) is 6.31. The molecule has 0 unspecified atom stereocenters. The van der Waals surface area contributed by atoms with E-state index in [1.165, 1.54) is 5.56 Å². The van der Waals surface area contributed by atoms with Crippen molar-refractivity contribution in [2.24, 2.45) is 0 Å². The minimum Gasteiger partial charge on any atom is -0.496 e. The highest BCUT2D eigenvalue weighted by Crippen LogP contribution is 2.21. The average Bonchev–Trinajstić information content (AvgIpc) is 2.53. The van der Waals surface area contributed by atoms with Crippen molar-refractivity contribution in [1.82, 2.24) is 10.2 Å². The molecule has 0 saturated carbocycles. The Balaban J connectivity index is 2.69. The van der Waals surface area contributed by atoms with E-state index < -0.39 is 0 Å². The monoisotopic (exact) mass is 304 g/mol. The van der Waals surface area contributed by atoms with E-state index >= 15 is 0 Å². The number of hydrogen-bond acceptors (Lipinski definition) is 4. The van der Waals surface area contributed by atoms with Gasteiger partial charge in [-0.2, -0.15) is 0 Å². The van der Waals surface area contributed by atoms with Crippen molar-refractivity contribution < 1.29 is 9.84 Å². The van der Waals surface area contributed by atoms with Gasteiger partial charge in [0, 0.05) is 38.3 Å². The Morgan fingerprint density at radius 2 is 2.00 bits per heavy atom. The summed E-state index contributed by atoms with van der Waals surface area (Å²) in [5.41, 5.74) is 2.34. The van der Waals surface area contributed by atoms with Gasteiger partial charge in [0.15, 0.2) is 0 Å². The van der Waals surface area contributed by atoms with Crippen LogP contribution in [0.3, 0.4) is 0 Å². The van der Waals surface area contributed by atoms with Crippen molar-refractivity contribution in [2.75, 3.05) is 33.4 Å². The largest absolute Gasteiger partial charge is 0.496 e. The lowest BCUT2D eigenvalue weighted by Crippen LogP contribution is -2.23. The fraction of sp³-hybridized carbons (Fsp3) is 0.444. The maximum Gasteiger partial charge on any atom is 0.123 e. The number of nitrogens with one attached hydrogen (secondary N) is 1. The molecule has 0 aliphatic rings. The highest BCUT2D eigenvalue weighted by molar-refractivity contribution is 5.37. The van der Waals surface area contributed by atoms with Crippen LogP contribution in [0.25, 0.3) is 0 Å². The smallest absolute Gasteiger partial charge is 0.123 e. The van der Waals surface area contributed by atoms with E-state index in [0.717, 1.165) is 50.5 Å². The first kappa shape index (κ1) is 18.4. The van der Waals surface area contributed by atoms with Crippen molar-refractivity contribution in [2.45, 2.75) is 19.5 Å². The van der Waals surface area contributed by atoms with Gasteiger partial charge in [-0.3, -0.25) is 4.90 Å². The Labute approximate surface area is 134 Å². The normalized spacial score (nSPS) is 10.7. The summed E-state index contributed by atoms with van der Waals surface area (Å²) in [6.45, 7) is 11.8. The van der Waals surface area contributed by atoms with Crippen LogP contribution in [-0.4, -0.2) is 43.4 Å². The van der Waals surface area contributed by atoms with Crippen LogP contribution in [0, 0.1) is 0 Å². The van der Waals surface area contributed by atoms with Gasteiger partial charge in [-0.15, -0.1) is 13.2 Å². The molecule has 0 fully saturated rings. The van der Waals surface area contributed by atoms with Crippen molar-refractivity contribution in [3.8, 4) is 5.75 Å². The second-order valence-corrected chi connectivity index (χ2v) is 5.17. The second kappa shape index (κ2) is 11.0. The predicted molar refractivity (Wildman–Crippen MR) is 92.1 cm³/mol.